The summed E-state index contributed by atoms with van der Waals surface area (Å²) >= 11 is 0. The summed E-state index contributed by atoms with van der Waals surface area (Å²) in [6.45, 7) is 8.44. The van der Waals surface area contributed by atoms with Gasteiger partial charge in [0.05, 0.1) is 7.11 Å². The van der Waals surface area contributed by atoms with Gasteiger partial charge in [-0.3, -0.25) is 9.59 Å². The molecule has 0 aliphatic carbocycles. The molecule has 0 unspecified atom stereocenters. The van der Waals surface area contributed by atoms with Crippen LogP contribution in [0.1, 0.15) is 36.2 Å². The van der Waals surface area contributed by atoms with Gasteiger partial charge in [-0.05, 0) is 36.6 Å². The van der Waals surface area contributed by atoms with Gasteiger partial charge in [0.15, 0.2) is 0 Å². The summed E-state index contributed by atoms with van der Waals surface area (Å²) in [6, 6.07) is 5.48. The third-order valence-corrected chi connectivity index (χ3v) is 4.14. The molecule has 0 saturated carbocycles. The summed E-state index contributed by atoms with van der Waals surface area (Å²) in [5, 5.41) is 0. The van der Waals surface area contributed by atoms with Gasteiger partial charge in [-0.2, -0.15) is 0 Å². The number of hydrogen-bond acceptors (Lipinski definition) is 3. The molecule has 1 heterocycles. The molecule has 0 bridgehead atoms. The van der Waals surface area contributed by atoms with E-state index in [-0.39, 0.29) is 11.8 Å². The molecule has 0 spiro atoms. The number of piperazine rings is 1. The standard InChI is InChI=1S/C18H26N2O3/c1-13(2)11-17(21)19-7-9-20(10-8-19)18(22)15-5-6-16(23-4)14(3)12-15/h5-6,12-13H,7-11H2,1-4H3. The molecule has 1 fully saturated rings. The molecule has 0 aromatic heterocycles. The Morgan fingerprint density at radius 3 is 2.26 bits per heavy atom. The smallest absolute Gasteiger partial charge is 0.253 e. The number of amides is 2. The second-order valence-corrected chi connectivity index (χ2v) is 6.46. The number of ether oxygens (including phenoxy) is 1. The van der Waals surface area contributed by atoms with Gasteiger partial charge < -0.3 is 14.5 Å². The quantitative estimate of drug-likeness (QED) is 0.856. The minimum absolute atomic E-state index is 0.0201. The topological polar surface area (TPSA) is 49.9 Å². The third kappa shape index (κ3) is 4.24. The van der Waals surface area contributed by atoms with Crippen LogP contribution in [0.15, 0.2) is 18.2 Å². The SMILES string of the molecule is COc1ccc(C(=O)N2CCN(C(=O)CC(C)C)CC2)cc1C. The van der Waals surface area contributed by atoms with Gasteiger partial charge in [-0.25, -0.2) is 0 Å². The minimum atomic E-state index is 0.0201. The van der Waals surface area contributed by atoms with Crippen LogP contribution in [0, 0.1) is 12.8 Å². The van der Waals surface area contributed by atoms with Crippen LogP contribution in [0.4, 0.5) is 0 Å². The first-order chi connectivity index (χ1) is 10.9. The molecular weight excluding hydrogens is 292 g/mol. The monoisotopic (exact) mass is 318 g/mol. The van der Waals surface area contributed by atoms with E-state index in [0.717, 1.165) is 11.3 Å². The maximum atomic E-state index is 12.6. The van der Waals surface area contributed by atoms with E-state index in [1.54, 1.807) is 13.2 Å². The predicted octanol–water partition coefficient (Wildman–Crippen LogP) is 2.33. The lowest BCUT2D eigenvalue weighted by atomic mass is 10.1. The highest BCUT2D eigenvalue weighted by Crippen LogP contribution is 2.20. The largest absolute Gasteiger partial charge is 0.496 e. The van der Waals surface area contributed by atoms with E-state index in [2.05, 4.69) is 0 Å². The first-order valence-corrected chi connectivity index (χ1v) is 8.14. The van der Waals surface area contributed by atoms with E-state index < -0.39 is 0 Å². The van der Waals surface area contributed by atoms with Crippen LogP contribution in [-0.4, -0.2) is 54.9 Å². The summed E-state index contributed by atoms with van der Waals surface area (Å²) in [5.74, 6) is 1.36. The van der Waals surface area contributed by atoms with Crippen molar-refractivity contribution in [2.24, 2.45) is 5.92 Å². The highest BCUT2D eigenvalue weighted by Gasteiger charge is 2.25. The van der Waals surface area contributed by atoms with Gasteiger partial charge >= 0.3 is 0 Å². The molecule has 23 heavy (non-hydrogen) atoms. The van der Waals surface area contributed by atoms with Crippen LogP contribution in [-0.2, 0) is 4.79 Å². The average molecular weight is 318 g/mol. The summed E-state index contributed by atoms with van der Waals surface area (Å²) < 4.78 is 5.23. The predicted molar refractivity (Wildman–Crippen MR) is 89.7 cm³/mol. The molecule has 1 aromatic carbocycles. The van der Waals surface area contributed by atoms with Crippen LogP contribution in [0.2, 0.25) is 0 Å². The van der Waals surface area contributed by atoms with E-state index in [9.17, 15) is 9.59 Å². The average Bonchev–Trinajstić information content (AvgIpc) is 2.53. The molecule has 0 N–H and O–H groups in total. The lowest BCUT2D eigenvalue weighted by Crippen LogP contribution is -2.50. The fraction of sp³-hybridized carbons (Fsp3) is 0.556. The fourth-order valence-electron chi connectivity index (χ4n) is 2.83. The molecule has 2 rings (SSSR count). The van der Waals surface area contributed by atoms with Crippen molar-refractivity contribution < 1.29 is 14.3 Å². The molecule has 1 aromatic rings. The number of methoxy groups -OCH3 is 1. The normalized spacial score (nSPS) is 15.0. The number of benzene rings is 1. The summed E-state index contributed by atoms with van der Waals surface area (Å²) in [5.41, 5.74) is 1.62. The Bertz CT molecular complexity index is 576. The van der Waals surface area contributed by atoms with Crippen molar-refractivity contribution >= 4 is 11.8 Å². The maximum Gasteiger partial charge on any atom is 0.253 e. The van der Waals surface area contributed by atoms with E-state index in [4.69, 9.17) is 4.74 Å². The molecule has 1 saturated heterocycles. The van der Waals surface area contributed by atoms with Gasteiger partial charge in [0.2, 0.25) is 5.91 Å². The Balaban J connectivity index is 1.96. The number of hydrogen-bond donors (Lipinski definition) is 0. The zero-order chi connectivity index (χ0) is 17.0. The number of rotatable bonds is 4. The highest BCUT2D eigenvalue weighted by atomic mass is 16.5. The maximum absolute atomic E-state index is 12.6. The van der Waals surface area contributed by atoms with Crippen molar-refractivity contribution in [3.8, 4) is 5.75 Å². The molecule has 1 aliphatic heterocycles. The minimum Gasteiger partial charge on any atom is -0.496 e. The lowest BCUT2D eigenvalue weighted by Gasteiger charge is -2.35. The number of carbonyl (C=O) groups is 2. The third-order valence-electron chi connectivity index (χ3n) is 4.14. The van der Waals surface area contributed by atoms with Gasteiger partial charge in [-0.15, -0.1) is 0 Å². The van der Waals surface area contributed by atoms with Crippen molar-refractivity contribution in [1.82, 2.24) is 9.80 Å². The van der Waals surface area contributed by atoms with Crippen molar-refractivity contribution in [2.45, 2.75) is 27.2 Å². The molecule has 0 radical (unpaired) electrons. The molecule has 126 valence electrons. The van der Waals surface area contributed by atoms with E-state index in [1.165, 1.54) is 0 Å². The van der Waals surface area contributed by atoms with Gasteiger partial charge in [0, 0.05) is 38.2 Å². The Kier molecular flexibility index (Phi) is 5.64. The molecule has 1 aliphatic rings. The summed E-state index contributed by atoms with van der Waals surface area (Å²) in [6.07, 6.45) is 0.575. The fourth-order valence-corrected chi connectivity index (χ4v) is 2.83. The van der Waals surface area contributed by atoms with Crippen molar-refractivity contribution in [3.05, 3.63) is 29.3 Å². The van der Waals surface area contributed by atoms with Crippen molar-refractivity contribution in [2.75, 3.05) is 33.3 Å². The molecule has 5 nitrogen and oxygen atoms in total. The Labute approximate surface area is 138 Å². The molecule has 2 amide bonds. The van der Waals surface area contributed by atoms with E-state index >= 15 is 0 Å². The summed E-state index contributed by atoms with van der Waals surface area (Å²) in [7, 11) is 1.62. The zero-order valence-corrected chi connectivity index (χ0v) is 14.5. The number of aryl methyl sites for hydroxylation is 1. The first kappa shape index (κ1) is 17.3. The van der Waals surface area contributed by atoms with Crippen LogP contribution in [0.5, 0.6) is 5.75 Å². The molecule has 0 atom stereocenters. The van der Waals surface area contributed by atoms with E-state index in [0.29, 0.717) is 44.1 Å². The Morgan fingerprint density at radius 1 is 1.13 bits per heavy atom. The molecular formula is C18H26N2O3. The van der Waals surface area contributed by atoms with Gasteiger partial charge in [-0.1, -0.05) is 13.8 Å². The van der Waals surface area contributed by atoms with Crippen LogP contribution < -0.4 is 4.74 Å². The van der Waals surface area contributed by atoms with Crippen LogP contribution >= 0.6 is 0 Å². The zero-order valence-electron chi connectivity index (χ0n) is 14.5. The van der Waals surface area contributed by atoms with Crippen LogP contribution in [0.3, 0.4) is 0 Å². The second-order valence-electron chi connectivity index (χ2n) is 6.46. The second kappa shape index (κ2) is 7.49. The number of carbonyl (C=O) groups excluding carboxylic acids is 2. The molecule has 5 heteroatoms. The Morgan fingerprint density at radius 2 is 1.74 bits per heavy atom. The van der Waals surface area contributed by atoms with Crippen molar-refractivity contribution in [3.63, 3.8) is 0 Å². The van der Waals surface area contributed by atoms with Gasteiger partial charge in [0.25, 0.3) is 5.91 Å². The van der Waals surface area contributed by atoms with Crippen molar-refractivity contribution in [1.29, 1.82) is 0 Å². The van der Waals surface area contributed by atoms with Crippen LogP contribution in [0.25, 0.3) is 0 Å². The highest BCUT2D eigenvalue weighted by molar-refractivity contribution is 5.94. The summed E-state index contributed by atoms with van der Waals surface area (Å²) in [4.78, 5) is 28.4. The Hall–Kier alpha value is -2.04. The van der Waals surface area contributed by atoms with Gasteiger partial charge in [0.1, 0.15) is 5.75 Å². The first-order valence-electron chi connectivity index (χ1n) is 8.14. The number of nitrogens with zero attached hydrogens (tertiary/aromatic N) is 2. The van der Waals surface area contributed by atoms with E-state index in [1.807, 2.05) is 42.7 Å². The lowest BCUT2D eigenvalue weighted by molar-refractivity contribution is -0.133.